The molecule has 2 aromatic heterocycles. The van der Waals surface area contributed by atoms with Crippen molar-refractivity contribution in [3.05, 3.63) is 101 Å². The van der Waals surface area contributed by atoms with Crippen molar-refractivity contribution in [3.63, 3.8) is 0 Å². The highest BCUT2D eigenvalue weighted by Gasteiger charge is 2.31. The van der Waals surface area contributed by atoms with Gasteiger partial charge in [0.25, 0.3) is 5.91 Å². The van der Waals surface area contributed by atoms with Gasteiger partial charge in [0.05, 0.1) is 11.8 Å². The van der Waals surface area contributed by atoms with Gasteiger partial charge in [-0.3, -0.25) is 14.1 Å². The molecule has 5 rings (SSSR count). The molecule has 9 heteroatoms. The van der Waals surface area contributed by atoms with Gasteiger partial charge in [-0.15, -0.1) is 0 Å². The molecule has 0 aliphatic carbocycles. The van der Waals surface area contributed by atoms with Gasteiger partial charge in [0.2, 0.25) is 0 Å². The molecule has 1 amide bonds. The molecule has 0 atom stereocenters. The van der Waals surface area contributed by atoms with Crippen LogP contribution >= 0.6 is 0 Å². The van der Waals surface area contributed by atoms with E-state index in [1.807, 2.05) is 55.8 Å². The largest absolute Gasteiger partial charge is 0.416 e. The van der Waals surface area contributed by atoms with Crippen LogP contribution in [0.4, 0.5) is 18.9 Å². The Bertz CT molecular complexity index is 1620. The van der Waals surface area contributed by atoms with E-state index in [0.717, 1.165) is 43.5 Å². The number of amides is 1. The number of piperazine rings is 1. The van der Waals surface area contributed by atoms with Crippen molar-refractivity contribution >= 4 is 17.2 Å². The molecule has 1 fully saturated rings. The first kappa shape index (κ1) is 28.4. The maximum Gasteiger partial charge on any atom is 0.416 e. The lowest BCUT2D eigenvalue weighted by Crippen LogP contribution is -2.43. The number of carbonyl (C=O) groups is 1. The topological polar surface area (TPSA) is 52.9 Å². The number of imidazole rings is 1. The van der Waals surface area contributed by atoms with Crippen molar-refractivity contribution < 1.29 is 18.0 Å². The zero-order chi connectivity index (χ0) is 29.1. The second-order valence-electron chi connectivity index (χ2n) is 10.7. The second kappa shape index (κ2) is 11.8. The van der Waals surface area contributed by atoms with E-state index in [0.29, 0.717) is 28.9 Å². The number of hydrogen-bond donors (Lipinski definition) is 1. The van der Waals surface area contributed by atoms with Gasteiger partial charge in [0, 0.05) is 55.7 Å². The standard InChI is InChI=1S/C32H32F3N5O/c1-22(2)29-10-8-25(18-24(29)7-9-28-20-36-30-6-4-5-11-40(28)30)31(41)37-27-17-23(16-26(19-27)32(33,34)35)21-39-14-12-38(3)13-15-39/h4-6,8,10-11,16-20,22H,12-15,21H2,1-3H3,(H,37,41). The van der Waals surface area contributed by atoms with E-state index in [-0.39, 0.29) is 11.6 Å². The first-order chi connectivity index (χ1) is 19.6. The van der Waals surface area contributed by atoms with E-state index < -0.39 is 17.6 Å². The zero-order valence-electron chi connectivity index (χ0n) is 23.3. The van der Waals surface area contributed by atoms with Crippen LogP contribution in [0.5, 0.6) is 0 Å². The lowest BCUT2D eigenvalue weighted by Gasteiger charge is -2.32. The van der Waals surface area contributed by atoms with Crippen molar-refractivity contribution in [1.82, 2.24) is 19.2 Å². The summed E-state index contributed by atoms with van der Waals surface area (Å²) in [6.45, 7) is 7.73. The fraction of sp³-hybridized carbons (Fsp3) is 0.312. The summed E-state index contributed by atoms with van der Waals surface area (Å²) < 4.78 is 43.1. The Kier molecular flexibility index (Phi) is 8.15. The summed E-state index contributed by atoms with van der Waals surface area (Å²) in [5.74, 6) is 6.00. The first-order valence-corrected chi connectivity index (χ1v) is 13.6. The molecule has 0 radical (unpaired) electrons. The van der Waals surface area contributed by atoms with Gasteiger partial charge < -0.3 is 10.2 Å². The van der Waals surface area contributed by atoms with Crippen molar-refractivity contribution in [2.45, 2.75) is 32.5 Å². The zero-order valence-corrected chi connectivity index (χ0v) is 23.3. The number of alkyl halides is 3. The summed E-state index contributed by atoms with van der Waals surface area (Å²) >= 11 is 0. The molecule has 41 heavy (non-hydrogen) atoms. The number of likely N-dealkylation sites (N-methyl/N-ethyl adjacent to an activating group) is 1. The van der Waals surface area contributed by atoms with E-state index in [2.05, 4.69) is 31.9 Å². The quantitative estimate of drug-likeness (QED) is 0.311. The second-order valence-corrected chi connectivity index (χ2v) is 10.7. The summed E-state index contributed by atoms with van der Waals surface area (Å²) in [6, 6.07) is 14.7. The molecular formula is C32H32F3N5O. The number of anilines is 1. The minimum atomic E-state index is -4.53. The average Bonchev–Trinajstić information content (AvgIpc) is 3.35. The fourth-order valence-electron chi connectivity index (χ4n) is 4.95. The third-order valence-corrected chi connectivity index (χ3v) is 7.26. The Morgan fingerprint density at radius 2 is 1.80 bits per heavy atom. The predicted molar refractivity (Wildman–Crippen MR) is 154 cm³/mol. The van der Waals surface area contributed by atoms with Gasteiger partial charge in [0.1, 0.15) is 11.3 Å². The van der Waals surface area contributed by atoms with E-state index >= 15 is 0 Å². The third kappa shape index (κ3) is 6.79. The molecule has 1 saturated heterocycles. The summed E-state index contributed by atoms with van der Waals surface area (Å²) in [5, 5.41) is 2.70. The average molecular weight is 560 g/mol. The smallest absolute Gasteiger partial charge is 0.322 e. The van der Waals surface area contributed by atoms with Crippen LogP contribution in [0, 0.1) is 11.8 Å². The minimum absolute atomic E-state index is 0.111. The highest BCUT2D eigenvalue weighted by Crippen LogP contribution is 2.33. The Balaban J connectivity index is 1.42. The Labute approximate surface area is 237 Å². The van der Waals surface area contributed by atoms with Gasteiger partial charge in [0.15, 0.2) is 0 Å². The molecule has 2 aromatic carbocycles. The number of fused-ring (bicyclic) bond motifs is 1. The molecule has 6 nitrogen and oxygen atoms in total. The van der Waals surface area contributed by atoms with Crippen molar-refractivity contribution in [1.29, 1.82) is 0 Å². The van der Waals surface area contributed by atoms with Crippen LogP contribution in [0.1, 0.15) is 58.1 Å². The van der Waals surface area contributed by atoms with Gasteiger partial charge in [-0.1, -0.05) is 31.9 Å². The number of pyridine rings is 1. The summed E-state index contributed by atoms with van der Waals surface area (Å²) in [7, 11) is 2.03. The highest BCUT2D eigenvalue weighted by molar-refractivity contribution is 6.04. The molecule has 0 saturated carbocycles. The molecule has 0 bridgehead atoms. The van der Waals surface area contributed by atoms with E-state index in [1.165, 1.54) is 6.07 Å². The van der Waals surface area contributed by atoms with Crippen molar-refractivity contribution in [2.24, 2.45) is 0 Å². The summed E-state index contributed by atoms with van der Waals surface area (Å²) in [4.78, 5) is 22.0. The normalized spacial score (nSPS) is 14.7. The number of hydrogen-bond acceptors (Lipinski definition) is 4. The number of nitrogens with one attached hydrogen (secondary N) is 1. The fourth-order valence-corrected chi connectivity index (χ4v) is 4.95. The molecule has 0 spiro atoms. The SMILES string of the molecule is CC(C)c1ccc(C(=O)Nc2cc(CN3CCN(C)CC3)cc(C(F)(F)F)c2)cc1C#Cc1cnc2ccccn12. The Morgan fingerprint density at radius 1 is 1.02 bits per heavy atom. The predicted octanol–water partition coefficient (Wildman–Crippen LogP) is 5.88. The minimum Gasteiger partial charge on any atom is -0.322 e. The molecular weight excluding hydrogens is 527 g/mol. The molecule has 1 N–H and O–H groups in total. The maximum absolute atomic E-state index is 13.8. The lowest BCUT2D eigenvalue weighted by atomic mass is 9.95. The van der Waals surface area contributed by atoms with Crippen LogP contribution < -0.4 is 5.32 Å². The van der Waals surface area contributed by atoms with Crippen LogP contribution in [-0.4, -0.2) is 58.3 Å². The van der Waals surface area contributed by atoms with Gasteiger partial charge in [-0.2, -0.15) is 13.2 Å². The van der Waals surface area contributed by atoms with E-state index in [4.69, 9.17) is 0 Å². The molecule has 1 aliphatic rings. The molecule has 4 aromatic rings. The Hall–Kier alpha value is -4.13. The van der Waals surface area contributed by atoms with Crippen molar-refractivity contribution in [3.8, 4) is 11.8 Å². The number of carbonyl (C=O) groups excluding carboxylic acids is 1. The molecule has 1 aliphatic heterocycles. The number of nitrogens with zero attached hydrogens (tertiary/aromatic N) is 4. The van der Waals surface area contributed by atoms with Crippen LogP contribution in [0.3, 0.4) is 0 Å². The first-order valence-electron chi connectivity index (χ1n) is 13.6. The highest BCUT2D eigenvalue weighted by atomic mass is 19.4. The van der Waals surface area contributed by atoms with Gasteiger partial charge >= 0.3 is 6.18 Å². The van der Waals surface area contributed by atoms with E-state index in [1.54, 1.807) is 24.4 Å². The number of aromatic nitrogens is 2. The maximum atomic E-state index is 13.8. The van der Waals surface area contributed by atoms with Gasteiger partial charge in [-0.05, 0) is 72.5 Å². The summed E-state index contributed by atoms with van der Waals surface area (Å²) in [6.07, 6.45) is -0.953. The van der Waals surface area contributed by atoms with Crippen LogP contribution in [-0.2, 0) is 12.7 Å². The lowest BCUT2D eigenvalue weighted by molar-refractivity contribution is -0.137. The van der Waals surface area contributed by atoms with E-state index in [9.17, 15) is 18.0 Å². The van der Waals surface area contributed by atoms with Crippen LogP contribution in [0.25, 0.3) is 5.65 Å². The number of benzene rings is 2. The van der Waals surface area contributed by atoms with Gasteiger partial charge in [-0.25, -0.2) is 4.98 Å². The number of halogens is 3. The Morgan fingerprint density at radius 3 is 2.54 bits per heavy atom. The molecule has 212 valence electrons. The number of rotatable bonds is 5. The third-order valence-electron chi connectivity index (χ3n) is 7.26. The summed E-state index contributed by atoms with van der Waals surface area (Å²) in [5.41, 5.74) is 3.29. The molecule has 0 unspecified atom stereocenters. The van der Waals surface area contributed by atoms with Crippen molar-refractivity contribution in [2.75, 3.05) is 38.5 Å². The van der Waals surface area contributed by atoms with Crippen LogP contribution in [0.15, 0.2) is 67.0 Å². The molecule has 3 heterocycles. The van der Waals surface area contributed by atoms with Crippen LogP contribution in [0.2, 0.25) is 0 Å². The monoisotopic (exact) mass is 559 g/mol.